The number of hydrogen-bond acceptors (Lipinski definition) is 3. The first kappa shape index (κ1) is 12.5. The van der Waals surface area contributed by atoms with E-state index < -0.39 is 0 Å². The van der Waals surface area contributed by atoms with Gasteiger partial charge in [-0.25, -0.2) is 0 Å². The van der Waals surface area contributed by atoms with Crippen molar-refractivity contribution in [1.82, 2.24) is 10.3 Å². The van der Waals surface area contributed by atoms with Gasteiger partial charge in [0.25, 0.3) is 0 Å². The van der Waals surface area contributed by atoms with Gasteiger partial charge in [-0.15, -0.1) is 0 Å². The molecule has 1 aromatic rings. The molecule has 1 amide bonds. The van der Waals surface area contributed by atoms with Crippen molar-refractivity contribution in [3.63, 3.8) is 0 Å². The molecule has 1 fully saturated rings. The first-order valence-corrected chi connectivity index (χ1v) is 6.99. The maximum atomic E-state index is 12.0. The molecule has 0 radical (unpaired) electrons. The minimum atomic E-state index is 0.0500. The SMILES string of the molecule is O=C1CCCCN1C1CNN=C1c1ccc(Cl)cc1. The van der Waals surface area contributed by atoms with E-state index in [1.54, 1.807) is 0 Å². The van der Waals surface area contributed by atoms with Gasteiger partial charge in [-0.3, -0.25) is 4.79 Å². The molecular weight excluding hydrogens is 262 g/mol. The van der Waals surface area contributed by atoms with Crippen LogP contribution in [0.5, 0.6) is 0 Å². The smallest absolute Gasteiger partial charge is 0.223 e. The number of hydrogen-bond donors (Lipinski definition) is 1. The molecule has 100 valence electrons. The number of amides is 1. The highest BCUT2D eigenvalue weighted by Gasteiger charge is 2.32. The lowest BCUT2D eigenvalue weighted by Gasteiger charge is -2.32. The van der Waals surface area contributed by atoms with Gasteiger partial charge in [0.2, 0.25) is 5.91 Å². The Morgan fingerprint density at radius 3 is 2.79 bits per heavy atom. The number of halogens is 1. The first-order valence-electron chi connectivity index (χ1n) is 6.61. The summed E-state index contributed by atoms with van der Waals surface area (Å²) in [5.74, 6) is 0.238. The van der Waals surface area contributed by atoms with Crippen LogP contribution in [0.15, 0.2) is 29.4 Å². The predicted octanol–water partition coefficient (Wildman–Crippen LogP) is 2.03. The molecule has 2 aliphatic heterocycles. The third-order valence-corrected chi connectivity index (χ3v) is 3.93. The topological polar surface area (TPSA) is 44.7 Å². The van der Waals surface area contributed by atoms with E-state index in [0.717, 1.165) is 30.7 Å². The normalized spacial score (nSPS) is 23.2. The Morgan fingerprint density at radius 2 is 2.05 bits per heavy atom. The number of hydrazone groups is 1. The second kappa shape index (κ2) is 5.21. The average molecular weight is 278 g/mol. The fourth-order valence-corrected chi connectivity index (χ4v) is 2.81. The molecule has 0 saturated carbocycles. The summed E-state index contributed by atoms with van der Waals surface area (Å²) in [7, 11) is 0. The van der Waals surface area contributed by atoms with Crippen molar-refractivity contribution in [3.8, 4) is 0 Å². The molecule has 0 aromatic heterocycles. The summed E-state index contributed by atoms with van der Waals surface area (Å²) < 4.78 is 0. The van der Waals surface area contributed by atoms with E-state index in [0.29, 0.717) is 18.0 Å². The summed E-state index contributed by atoms with van der Waals surface area (Å²) in [6, 6.07) is 7.67. The zero-order chi connectivity index (χ0) is 13.2. The highest BCUT2D eigenvalue weighted by Crippen LogP contribution is 2.20. The second-order valence-electron chi connectivity index (χ2n) is 4.93. The van der Waals surface area contributed by atoms with Gasteiger partial charge in [-0.1, -0.05) is 23.7 Å². The maximum Gasteiger partial charge on any atom is 0.223 e. The number of piperidine rings is 1. The van der Waals surface area contributed by atoms with Crippen molar-refractivity contribution in [1.29, 1.82) is 0 Å². The monoisotopic (exact) mass is 277 g/mol. The van der Waals surface area contributed by atoms with Crippen LogP contribution in [0.4, 0.5) is 0 Å². The molecule has 0 spiro atoms. The Labute approximate surface area is 117 Å². The lowest BCUT2D eigenvalue weighted by Crippen LogP contribution is -2.48. The highest BCUT2D eigenvalue weighted by atomic mass is 35.5. The number of rotatable bonds is 2. The summed E-state index contributed by atoms with van der Waals surface area (Å²) in [6.07, 6.45) is 2.74. The van der Waals surface area contributed by atoms with Crippen molar-refractivity contribution >= 4 is 23.2 Å². The van der Waals surface area contributed by atoms with E-state index in [4.69, 9.17) is 11.6 Å². The summed E-state index contributed by atoms with van der Waals surface area (Å²) in [6.45, 7) is 1.53. The zero-order valence-electron chi connectivity index (χ0n) is 10.6. The zero-order valence-corrected chi connectivity index (χ0v) is 11.4. The molecule has 1 saturated heterocycles. The standard InChI is InChI=1S/C14H16ClN3O/c15-11-6-4-10(5-7-11)14-12(9-16-17-14)18-8-2-1-3-13(18)19/h4-7,12,16H,1-3,8-9H2. The third-order valence-electron chi connectivity index (χ3n) is 3.68. The van der Waals surface area contributed by atoms with Gasteiger partial charge in [0.1, 0.15) is 0 Å². The van der Waals surface area contributed by atoms with E-state index in [1.165, 1.54) is 0 Å². The van der Waals surface area contributed by atoms with Crippen LogP contribution in [0.3, 0.4) is 0 Å². The number of nitrogens with one attached hydrogen (secondary N) is 1. The highest BCUT2D eigenvalue weighted by molar-refractivity contribution is 6.30. The Balaban J connectivity index is 1.84. The second-order valence-corrected chi connectivity index (χ2v) is 5.36. The Kier molecular flexibility index (Phi) is 3.42. The largest absolute Gasteiger partial charge is 0.332 e. The molecule has 1 N–H and O–H groups in total. The molecule has 0 bridgehead atoms. The van der Waals surface area contributed by atoms with Crippen LogP contribution in [-0.2, 0) is 4.79 Å². The molecule has 19 heavy (non-hydrogen) atoms. The summed E-state index contributed by atoms with van der Waals surface area (Å²) in [5, 5.41) is 5.07. The van der Waals surface area contributed by atoms with Gasteiger partial charge in [-0.05, 0) is 25.0 Å². The lowest BCUT2D eigenvalue weighted by molar-refractivity contribution is -0.134. The third kappa shape index (κ3) is 2.45. The van der Waals surface area contributed by atoms with Crippen LogP contribution >= 0.6 is 11.6 Å². The van der Waals surface area contributed by atoms with Gasteiger partial charge >= 0.3 is 0 Å². The molecule has 1 unspecified atom stereocenters. The van der Waals surface area contributed by atoms with Crippen molar-refractivity contribution in [2.75, 3.05) is 13.1 Å². The van der Waals surface area contributed by atoms with Crippen LogP contribution in [0.1, 0.15) is 24.8 Å². The van der Waals surface area contributed by atoms with E-state index in [-0.39, 0.29) is 11.9 Å². The Bertz CT molecular complexity index is 512. The Morgan fingerprint density at radius 1 is 1.26 bits per heavy atom. The van der Waals surface area contributed by atoms with Gasteiger partial charge in [0.05, 0.1) is 18.3 Å². The molecule has 2 heterocycles. The molecule has 1 atom stereocenters. The molecule has 1 aromatic carbocycles. The molecular formula is C14H16ClN3O. The van der Waals surface area contributed by atoms with Gasteiger partial charge < -0.3 is 10.3 Å². The van der Waals surface area contributed by atoms with E-state index in [2.05, 4.69) is 10.5 Å². The fraction of sp³-hybridized carbons (Fsp3) is 0.429. The molecule has 2 aliphatic rings. The van der Waals surface area contributed by atoms with Crippen LogP contribution in [-0.4, -0.2) is 35.7 Å². The number of likely N-dealkylation sites (tertiary alicyclic amines) is 1. The summed E-state index contributed by atoms with van der Waals surface area (Å²) in [5.41, 5.74) is 4.98. The van der Waals surface area contributed by atoms with Gasteiger partial charge in [0, 0.05) is 23.6 Å². The van der Waals surface area contributed by atoms with Crippen molar-refractivity contribution < 1.29 is 4.79 Å². The lowest BCUT2D eigenvalue weighted by atomic mass is 10.00. The van der Waals surface area contributed by atoms with Crippen molar-refractivity contribution in [2.24, 2.45) is 5.10 Å². The minimum Gasteiger partial charge on any atom is -0.332 e. The number of benzene rings is 1. The predicted molar refractivity (Wildman–Crippen MR) is 75.3 cm³/mol. The number of nitrogens with zero attached hydrogens (tertiary/aromatic N) is 2. The van der Waals surface area contributed by atoms with Crippen molar-refractivity contribution in [2.45, 2.75) is 25.3 Å². The van der Waals surface area contributed by atoms with E-state index in [1.807, 2.05) is 29.2 Å². The van der Waals surface area contributed by atoms with Gasteiger partial charge in [-0.2, -0.15) is 5.10 Å². The van der Waals surface area contributed by atoms with Crippen LogP contribution in [0.2, 0.25) is 5.02 Å². The van der Waals surface area contributed by atoms with Crippen LogP contribution in [0.25, 0.3) is 0 Å². The quantitative estimate of drug-likeness (QED) is 0.899. The maximum absolute atomic E-state index is 12.0. The minimum absolute atomic E-state index is 0.0500. The summed E-state index contributed by atoms with van der Waals surface area (Å²) in [4.78, 5) is 14.0. The molecule has 3 rings (SSSR count). The van der Waals surface area contributed by atoms with Gasteiger partial charge in [0.15, 0.2) is 0 Å². The number of carbonyl (C=O) groups excluding carboxylic acids is 1. The average Bonchev–Trinajstić information content (AvgIpc) is 2.89. The van der Waals surface area contributed by atoms with Crippen LogP contribution in [0, 0.1) is 0 Å². The van der Waals surface area contributed by atoms with E-state index in [9.17, 15) is 4.79 Å². The van der Waals surface area contributed by atoms with Crippen molar-refractivity contribution in [3.05, 3.63) is 34.9 Å². The first-order chi connectivity index (χ1) is 9.25. The van der Waals surface area contributed by atoms with Crippen LogP contribution < -0.4 is 5.43 Å². The fourth-order valence-electron chi connectivity index (χ4n) is 2.68. The summed E-state index contributed by atoms with van der Waals surface area (Å²) >= 11 is 5.91. The molecule has 4 nitrogen and oxygen atoms in total. The molecule has 5 heteroatoms. The molecule has 0 aliphatic carbocycles. The number of carbonyl (C=O) groups is 1. The Hall–Kier alpha value is -1.55. The van der Waals surface area contributed by atoms with E-state index >= 15 is 0 Å².